The monoisotopic (exact) mass is 426 g/mol. The third kappa shape index (κ3) is 4.10. The van der Waals surface area contributed by atoms with Gasteiger partial charge in [-0.25, -0.2) is 4.98 Å². The number of halogens is 1. The zero-order chi connectivity index (χ0) is 22.4. The smallest absolute Gasteiger partial charge is 0.253 e. The minimum absolute atomic E-state index is 0.108. The summed E-state index contributed by atoms with van der Waals surface area (Å²) in [5.41, 5.74) is 4.84. The lowest BCUT2D eigenvalue weighted by atomic mass is 9.78. The Morgan fingerprint density at radius 2 is 1.93 bits per heavy atom. The SMILES string of the molecule is C=C1c2nc(Cl)cc(C(=O)NCc3c(C)cc(C)[nH]c3=O)c2C(C)=NC1C(C)(C)C. The van der Waals surface area contributed by atoms with Gasteiger partial charge in [0, 0.05) is 29.1 Å². The molecule has 0 spiro atoms. The largest absolute Gasteiger partial charge is 0.348 e. The highest BCUT2D eigenvalue weighted by molar-refractivity contribution is 6.30. The first-order valence-electron chi connectivity index (χ1n) is 9.82. The maximum absolute atomic E-state index is 13.1. The van der Waals surface area contributed by atoms with Gasteiger partial charge < -0.3 is 10.3 Å². The molecule has 158 valence electrons. The summed E-state index contributed by atoms with van der Waals surface area (Å²) >= 11 is 6.26. The minimum atomic E-state index is -0.341. The van der Waals surface area contributed by atoms with Crippen LogP contribution in [0.2, 0.25) is 5.15 Å². The molecule has 1 atom stereocenters. The fourth-order valence-corrected chi connectivity index (χ4v) is 4.03. The van der Waals surface area contributed by atoms with Gasteiger partial charge >= 0.3 is 0 Å². The van der Waals surface area contributed by atoms with Gasteiger partial charge in [-0.1, -0.05) is 39.0 Å². The number of aromatic amines is 1. The number of aromatic nitrogens is 2. The summed E-state index contributed by atoms with van der Waals surface area (Å²) in [7, 11) is 0. The van der Waals surface area contributed by atoms with Crippen LogP contribution in [-0.2, 0) is 6.54 Å². The number of nitrogens with zero attached hydrogens (tertiary/aromatic N) is 2. The lowest BCUT2D eigenvalue weighted by Gasteiger charge is -2.33. The standard InChI is InChI=1S/C23H27ClN4O2/c1-11-8-12(2)26-22(30)16(11)10-25-21(29)15-9-17(24)28-19-13(3)20(23(5,6)7)27-14(4)18(15)19/h8-9,20H,3,10H2,1-2,4-7H3,(H,25,29)(H,26,30). The van der Waals surface area contributed by atoms with Gasteiger partial charge in [0.25, 0.3) is 11.5 Å². The van der Waals surface area contributed by atoms with Gasteiger partial charge in [-0.05, 0) is 49.5 Å². The van der Waals surface area contributed by atoms with E-state index in [0.29, 0.717) is 22.4 Å². The molecular weight excluding hydrogens is 400 g/mol. The average Bonchev–Trinajstić information content (AvgIpc) is 2.61. The summed E-state index contributed by atoms with van der Waals surface area (Å²) < 4.78 is 0. The van der Waals surface area contributed by atoms with Gasteiger partial charge in [-0.15, -0.1) is 0 Å². The number of hydrogen-bond donors (Lipinski definition) is 2. The van der Waals surface area contributed by atoms with E-state index in [2.05, 4.69) is 42.6 Å². The first-order chi connectivity index (χ1) is 13.9. The second-order valence-corrected chi connectivity index (χ2v) is 9.24. The fourth-order valence-electron chi connectivity index (χ4n) is 3.84. The molecule has 30 heavy (non-hydrogen) atoms. The van der Waals surface area contributed by atoms with Crippen molar-refractivity contribution < 1.29 is 4.79 Å². The molecule has 6 nitrogen and oxygen atoms in total. The third-order valence-corrected chi connectivity index (χ3v) is 5.49. The summed E-state index contributed by atoms with van der Waals surface area (Å²) in [6.07, 6.45) is 0. The zero-order valence-corrected chi connectivity index (χ0v) is 19.0. The van der Waals surface area contributed by atoms with Crippen LogP contribution in [0.5, 0.6) is 0 Å². The molecule has 0 aliphatic carbocycles. The van der Waals surface area contributed by atoms with E-state index < -0.39 is 0 Å². The lowest BCUT2D eigenvalue weighted by Crippen LogP contribution is -2.33. The molecule has 7 heteroatoms. The molecule has 0 saturated carbocycles. The molecule has 0 aromatic carbocycles. The van der Waals surface area contributed by atoms with Crippen molar-refractivity contribution >= 4 is 28.8 Å². The number of rotatable bonds is 3. The lowest BCUT2D eigenvalue weighted by molar-refractivity contribution is 0.0950. The van der Waals surface area contributed by atoms with Crippen LogP contribution in [0.25, 0.3) is 5.57 Å². The van der Waals surface area contributed by atoms with E-state index in [1.54, 1.807) is 0 Å². The van der Waals surface area contributed by atoms with Crippen LogP contribution in [0, 0.1) is 19.3 Å². The molecule has 0 radical (unpaired) electrons. The fraction of sp³-hybridized carbons (Fsp3) is 0.391. The summed E-state index contributed by atoms with van der Waals surface area (Å²) in [6.45, 7) is 16.1. The maximum atomic E-state index is 13.1. The predicted molar refractivity (Wildman–Crippen MR) is 121 cm³/mol. The Kier molecular flexibility index (Phi) is 5.74. The van der Waals surface area contributed by atoms with Crippen LogP contribution >= 0.6 is 11.6 Å². The molecule has 3 rings (SSSR count). The van der Waals surface area contributed by atoms with Gasteiger partial charge in [-0.2, -0.15) is 0 Å². The van der Waals surface area contributed by atoms with E-state index in [0.717, 1.165) is 22.5 Å². The molecule has 0 bridgehead atoms. The van der Waals surface area contributed by atoms with Crippen molar-refractivity contribution in [2.45, 2.75) is 54.1 Å². The average molecular weight is 427 g/mol. The highest BCUT2D eigenvalue weighted by atomic mass is 35.5. The zero-order valence-electron chi connectivity index (χ0n) is 18.2. The van der Waals surface area contributed by atoms with E-state index in [9.17, 15) is 9.59 Å². The van der Waals surface area contributed by atoms with Gasteiger partial charge in [0.2, 0.25) is 0 Å². The number of fused-ring (bicyclic) bond motifs is 1. The number of hydrogen-bond acceptors (Lipinski definition) is 4. The molecule has 0 saturated heterocycles. The second-order valence-electron chi connectivity index (χ2n) is 8.85. The number of carbonyl (C=O) groups excluding carboxylic acids is 1. The van der Waals surface area contributed by atoms with Crippen LogP contribution in [0.4, 0.5) is 0 Å². The molecule has 0 fully saturated rings. The number of pyridine rings is 2. The Labute approximate surface area is 181 Å². The molecule has 1 aliphatic heterocycles. The highest BCUT2D eigenvalue weighted by Gasteiger charge is 2.35. The number of nitrogens with one attached hydrogen (secondary N) is 2. The van der Waals surface area contributed by atoms with E-state index in [1.807, 2.05) is 26.8 Å². The molecule has 1 amide bonds. The number of carbonyl (C=O) groups is 1. The van der Waals surface area contributed by atoms with Crippen molar-refractivity contribution in [3.05, 3.63) is 67.9 Å². The summed E-state index contributed by atoms with van der Waals surface area (Å²) in [5, 5.41) is 3.06. The molecular formula is C23H27ClN4O2. The summed E-state index contributed by atoms with van der Waals surface area (Å²) in [4.78, 5) is 37.3. The molecule has 1 unspecified atom stereocenters. The number of aryl methyl sites for hydroxylation is 2. The predicted octanol–water partition coefficient (Wildman–Crippen LogP) is 4.22. The van der Waals surface area contributed by atoms with Gasteiger partial charge in [0.1, 0.15) is 5.15 Å². The Hall–Kier alpha value is -2.73. The molecule has 3 heterocycles. The Morgan fingerprint density at radius 3 is 2.53 bits per heavy atom. The third-order valence-electron chi connectivity index (χ3n) is 5.29. The molecule has 2 aromatic heterocycles. The van der Waals surface area contributed by atoms with Crippen LogP contribution in [-0.4, -0.2) is 27.6 Å². The summed E-state index contributed by atoms with van der Waals surface area (Å²) in [6, 6.07) is 3.26. The highest BCUT2D eigenvalue weighted by Crippen LogP contribution is 2.38. The Morgan fingerprint density at radius 1 is 1.27 bits per heavy atom. The molecule has 1 aliphatic rings. The number of aliphatic imine (C=N–C) groups is 1. The van der Waals surface area contributed by atoms with Gasteiger partial charge in [0.15, 0.2) is 0 Å². The number of amides is 1. The van der Waals surface area contributed by atoms with Gasteiger partial charge in [-0.3, -0.25) is 14.6 Å². The Bertz CT molecular complexity index is 1140. The Balaban J connectivity index is 1.98. The van der Waals surface area contributed by atoms with Crippen LogP contribution in [0.3, 0.4) is 0 Å². The van der Waals surface area contributed by atoms with Crippen molar-refractivity contribution in [2.24, 2.45) is 10.4 Å². The topological polar surface area (TPSA) is 87.2 Å². The van der Waals surface area contributed by atoms with E-state index >= 15 is 0 Å². The van der Waals surface area contributed by atoms with Crippen LogP contribution in [0.1, 0.15) is 66.1 Å². The molecule has 2 N–H and O–H groups in total. The first kappa shape index (κ1) is 22.0. The first-order valence-corrected chi connectivity index (χ1v) is 10.2. The van der Waals surface area contributed by atoms with Crippen LogP contribution in [0.15, 0.2) is 28.5 Å². The second kappa shape index (κ2) is 7.84. The van der Waals surface area contributed by atoms with Crippen molar-refractivity contribution in [1.29, 1.82) is 0 Å². The quantitative estimate of drug-likeness (QED) is 0.720. The maximum Gasteiger partial charge on any atom is 0.253 e. The van der Waals surface area contributed by atoms with E-state index in [1.165, 1.54) is 6.07 Å². The van der Waals surface area contributed by atoms with Gasteiger partial charge in [0.05, 0.1) is 17.3 Å². The summed E-state index contributed by atoms with van der Waals surface area (Å²) in [5.74, 6) is -0.341. The van der Waals surface area contributed by atoms with Crippen molar-refractivity contribution in [3.63, 3.8) is 0 Å². The molecule has 2 aromatic rings. The number of H-pyrrole nitrogens is 1. The van der Waals surface area contributed by atoms with E-state index in [4.69, 9.17) is 16.6 Å². The van der Waals surface area contributed by atoms with Crippen molar-refractivity contribution in [2.75, 3.05) is 0 Å². The van der Waals surface area contributed by atoms with E-state index in [-0.39, 0.29) is 34.6 Å². The normalized spacial score (nSPS) is 16.2. The van der Waals surface area contributed by atoms with Crippen molar-refractivity contribution in [1.82, 2.24) is 15.3 Å². The minimum Gasteiger partial charge on any atom is -0.348 e. The van der Waals surface area contributed by atoms with Crippen LogP contribution < -0.4 is 10.9 Å². The van der Waals surface area contributed by atoms with Crippen molar-refractivity contribution in [3.8, 4) is 0 Å².